The van der Waals surface area contributed by atoms with Crippen molar-refractivity contribution in [2.24, 2.45) is 16.7 Å². The molecular formula is C53H81FN2O13Si. The molecule has 3 heterocycles. The van der Waals surface area contributed by atoms with Crippen LogP contribution in [0.25, 0.3) is 0 Å². The molecule has 0 unspecified atom stereocenters. The molecule has 5 fully saturated rings. The first-order valence-electron chi connectivity index (χ1n) is 25.6. The number of carbonyl (C=O) groups excluding carboxylic acids is 4. The summed E-state index contributed by atoms with van der Waals surface area (Å²) in [6.07, 6.45) is -8.22. The molecule has 3 aliphatic carbocycles. The zero-order valence-electron chi connectivity index (χ0n) is 44.2. The molecule has 6 aliphatic rings. The van der Waals surface area contributed by atoms with Gasteiger partial charge in [0.05, 0.1) is 30.2 Å². The second-order valence-corrected chi connectivity index (χ2v) is 29.1. The van der Waals surface area contributed by atoms with Gasteiger partial charge in [0.25, 0.3) is 0 Å². The second kappa shape index (κ2) is 19.8. The number of halogens is 1. The van der Waals surface area contributed by atoms with E-state index in [2.05, 4.69) is 10.2 Å². The summed E-state index contributed by atoms with van der Waals surface area (Å²) in [6, 6.07) is 6.94. The number of alkyl halides is 1. The minimum absolute atomic E-state index is 0.0251. The molecule has 3 aliphatic heterocycles. The Bertz CT molecular complexity index is 2120. The minimum atomic E-state index is -3.05. The van der Waals surface area contributed by atoms with Crippen molar-refractivity contribution in [3.63, 3.8) is 0 Å². The fourth-order valence-corrected chi connectivity index (χ4v) is 19.0. The molecule has 392 valence electrons. The van der Waals surface area contributed by atoms with Gasteiger partial charge < -0.3 is 48.0 Å². The Morgan fingerprint density at radius 3 is 2.10 bits per heavy atom. The van der Waals surface area contributed by atoms with E-state index in [1.54, 1.807) is 51.1 Å². The number of fused-ring (bicyclic) bond motifs is 8. The summed E-state index contributed by atoms with van der Waals surface area (Å²) in [5.41, 5.74) is -5.39. The molecule has 7 rings (SSSR count). The quantitative estimate of drug-likeness (QED) is 0.0742. The van der Waals surface area contributed by atoms with Gasteiger partial charge in [0.1, 0.15) is 41.8 Å². The summed E-state index contributed by atoms with van der Waals surface area (Å²) >= 11 is 0. The van der Waals surface area contributed by atoms with Crippen LogP contribution < -0.4 is 5.32 Å². The van der Waals surface area contributed by atoms with Crippen molar-refractivity contribution >= 4 is 32.3 Å². The van der Waals surface area contributed by atoms with Gasteiger partial charge in [0.2, 0.25) is 8.32 Å². The van der Waals surface area contributed by atoms with Gasteiger partial charge in [-0.25, -0.2) is 18.8 Å². The normalized spacial score (nSPS) is 34.1. The molecule has 17 heteroatoms. The van der Waals surface area contributed by atoms with E-state index < -0.39 is 121 Å². The number of amides is 1. The summed E-state index contributed by atoms with van der Waals surface area (Å²) in [5.74, 6) is -3.17. The maximum Gasteiger partial charge on any atom is 0.408 e. The Morgan fingerprint density at radius 1 is 0.957 bits per heavy atom. The molecule has 3 saturated heterocycles. The van der Waals surface area contributed by atoms with Crippen molar-refractivity contribution in [3.8, 4) is 0 Å². The van der Waals surface area contributed by atoms with Crippen molar-refractivity contribution in [3.05, 3.63) is 47.0 Å². The number of nitrogens with zero attached hydrogens (tertiary/aromatic N) is 1. The Labute approximate surface area is 415 Å². The molecule has 70 heavy (non-hydrogen) atoms. The zero-order chi connectivity index (χ0) is 51.7. The topological polar surface area (TPSA) is 178 Å². The number of benzene rings is 1. The molecule has 0 spiro atoms. The predicted molar refractivity (Wildman–Crippen MR) is 261 cm³/mol. The molecular weight excluding hydrogens is 920 g/mol. The fourth-order valence-electron chi connectivity index (χ4n) is 13.5. The summed E-state index contributed by atoms with van der Waals surface area (Å²) in [4.78, 5) is 59.3. The highest BCUT2D eigenvalue weighted by molar-refractivity contribution is 6.77. The Kier molecular flexibility index (Phi) is 15.3. The fraction of sp³-hybridized carbons (Fsp3) is 0.774. The minimum Gasteiger partial charge on any atom is -0.456 e. The van der Waals surface area contributed by atoms with Gasteiger partial charge in [0, 0.05) is 30.7 Å². The number of rotatable bonds is 15. The Balaban J connectivity index is 1.42. The largest absolute Gasteiger partial charge is 0.456 e. The summed E-state index contributed by atoms with van der Waals surface area (Å²) in [5, 5.41) is 16.9. The van der Waals surface area contributed by atoms with Crippen molar-refractivity contribution in [2.45, 2.75) is 218 Å². The third kappa shape index (κ3) is 9.51. The van der Waals surface area contributed by atoms with E-state index in [0.717, 1.165) is 19.5 Å². The number of nitrogens with one attached hydrogen (secondary N) is 1. The number of likely N-dealkylation sites (tertiary alicyclic amines) is 1. The van der Waals surface area contributed by atoms with Crippen LogP contribution in [0.15, 0.2) is 41.5 Å². The van der Waals surface area contributed by atoms with Crippen LogP contribution in [0.2, 0.25) is 16.6 Å². The average Bonchev–Trinajstić information content (AvgIpc) is 3.64. The van der Waals surface area contributed by atoms with Crippen LogP contribution in [-0.2, 0) is 47.2 Å². The molecule has 13 atom stereocenters. The summed E-state index contributed by atoms with van der Waals surface area (Å²) in [7, 11) is -3.05. The molecule has 1 aromatic rings. The second-order valence-electron chi connectivity index (χ2n) is 23.7. The number of hydrogen-bond acceptors (Lipinski definition) is 14. The molecule has 15 nitrogen and oxygen atoms in total. The van der Waals surface area contributed by atoms with Gasteiger partial charge in [0.15, 0.2) is 18.0 Å². The van der Waals surface area contributed by atoms with Crippen LogP contribution in [-0.4, -0.2) is 140 Å². The third-order valence-corrected chi connectivity index (χ3v) is 23.0. The summed E-state index contributed by atoms with van der Waals surface area (Å²) < 4.78 is 69.4. The molecule has 0 aromatic heterocycles. The maximum atomic E-state index is 16.3. The molecule has 2 saturated carbocycles. The van der Waals surface area contributed by atoms with Crippen molar-refractivity contribution in [2.75, 3.05) is 26.2 Å². The lowest BCUT2D eigenvalue weighted by molar-refractivity contribution is -0.345. The average molecular weight is 1000 g/mol. The van der Waals surface area contributed by atoms with Gasteiger partial charge in [-0.05, 0) is 107 Å². The summed E-state index contributed by atoms with van der Waals surface area (Å²) in [6.45, 7) is 29.7. The van der Waals surface area contributed by atoms with E-state index in [1.807, 2.05) is 69.2 Å². The van der Waals surface area contributed by atoms with Gasteiger partial charge in [-0.3, -0.25) is 9.69 Å². The SMILES string of the molecule is CC(=O)O[C@@]12CO[C@@H]1CC[C@@]1(C)[C@@H]3O[C@H](CN4CCC4)O[C@@H]3C3=C(C)[C@@H](OC(=O)[C@H](O[Si](C(C)C)(C(C)C)C(C)C)[C@@H](NC(=O)OC(C)(C)C)[C@H](C)F)C[C@@](O)([C@@H](OC(=O)c4ccccc4)[C@@H]12)C3(C)C. The van der Waals surface area contributed by atoms with Gasteiger partial charge >= 0.3 is 24.0 Å². The molecule has 0 radical (unpaired) electrons. The molecule has 1 amide bonds. The van der Waals surface area contributed by atoms with Gasteiger partial charge in [-0.2, -0.15) is 0 Å². The molecule has 2 bridgehead atoms. The van der Waals surface area contributed by atoms with Crippen molar-refractivity contribution in [1.82, 2.24) is 10.2 Å². The molecule has 2 N–H and O–H groups in total. The van der Waals surface area contributed by atoms with E-state index in [9.17, 15) is 19.5 Å². The van der Waals surface area contributed by atoms with Crippen LogP contribution >= 0.6 is 0 Å². The highest BCUT2D eigenvalue weighted by Gasteiger charge is 2.77. The predicted octanol–water partition coefficient (Wildman–Crippen LogP) is 8.36. The van der Waals surface area contributed by atoms with Crippen molar-refractivity contribution < 1.29 is 66.3 Å². The highest BCUT2D eigenvalue weighted by Crippen LogP contribution is 2.67. The zero-order valence-corrected chi connectivity index (χ0v) is 45.2. The smallest absolute Gasteiger partial charge is 0.408 e. The Morgan fingerprint density at radius 2 is 1.59 bits per heavy atom. The number of carbonyl (C=O) groups is 4. The standard InChI is InChI=1S/C53H81FN2O13Si/c1-29(2)70(30(3)4,31(5)6)69-42(40(33(8)54)55-48(60)68-49(10,11)12)47(59)63-36-26-53(61)45(66-46(58)35-20-17-16-18-21-35)43-51(15,23-22-37-52(43,28-62-37)67-34(9)57)44-41(39(32(36)7)50(53,13)14)64-38(65-44)27-56-24-19-25-56/h16-18,20-21,29-31,33,36-38,40-45,61H,19,22-28H2,1-15H3,(H,55,60)/t33-,36-,37+,38+,40-,41+,42+,43-,44+,45-,51+,52-,53+/m0/s1. The van der Waals surface area contributed by atoms with Crippen LogP contribution in [0.4, 0.5) is 9.18 Å². The number of esters is 3. The highest BCUT2D eigenvalue weighted by atomic mass is 28.4. The van der Waals surface area contributed by atoms with E-state index in [1.165, 1.54) is 13.8 Å². The van der Waals surface area contributed by atoms with E-state index in [4.69, 9.17) is 37.6 Å². The first-order chi connectivity index (χ1) is 32.5. The van der Waals surface area contributed by atoms with E-state index >= 15 is 9.18 Å². The number of alkyl carbamates (subject to hydrolysis) is 1. The van der Waals surface area contributed by atoms with Gasteiger partial charge in [-0.1, -0.05) is 80.5 Å². The first-order valence-corrected chi connectivity index (χ1v) is 27.7. The number of ether oxygens (including phenoxy) is 7. The lowest BCUT2D eigenvalue weighted by Crippen LogP contribution is -2.79. The van der Waals surface area contributed by atoms with Crippen LogP contribution in [0.1, 0.15) is 140 Å². The first kappa shape index (κ1) is 54.3. The molecule has 1 aromatic carbocycles. The van der Waals surface area contributed by atoms with E-state index in [0.29, 0.717) is 30.5 Å². The monoisotopic (exact) mass is 1000 g/mol. The maximum absolute atomic E-state index is 16.3. The van der Waals surface area contributed by atoms with E-state index in [-0.39, 0.29) is 35.2 Å². The lowest BCUT2D eigenvalue weighted by atomic mass is 9.45. The van der Waals surface area contributed by atoms with Crippen LogP contribution in [0.3, 0.4) is 0 Å². The Hall–Kier alpha value is -3.45. The van der Waals surface area contributed by atoms with Crippen LogP contribution in [0.5, 0.6) is 0 Å². The van der Waals surface area contributed by atoms with Crippen LogP contribution in [0, 0.1) is 16.7 Å². The third-order valence-electron chi connectivity index (χ3n) is 16.9. The van der Waals surface area contributed by atoms with Crippen molar-refractivity contribution in [1.29, 1.82) is 0 Å². The lowest BCUT2D eigenvalue weighted by Gasteiger charge is -2.68. The number of hydrogen-bond donors (Lipinski definition) is 2. The van der Waals surface area contributed by atoms with Gasteiger partial charge in [-0.15, -0.1) is 0 Å². The number of aliphatic hydroxyl groups is 1.